The van der Waals surface area contributed by atoms with Crippen LogP contribution in [0.5, 0.6) is 0 Å². The molecule has 0 aromatic heterocycles. The van der Waals surface area contributed by atoms with Gasteiger partial charge in [-0.2, -0.15) is 0 Å². The zero-order valence-electron chi connectivity index (χ0n) is 9.83. The van der Waals surface area contributed by atoms with Gasteiger partial charge in [0.1, 0.15) is 5.25 Å². The van der Waals surface area contributed by atoms with Gasteiger partial charge in [0, 0.05) is 13.6 Å². The highest BCUT2D eigenvalue weighted by molar-refractivity contribution is 7.86. The first-order valence-electron chi connectivity index (χ1n) is 5.50. The summed E-state index contributed by atoms with van der Waals surface area (Å²) in [7, 11) is 0.0417. The monoisotopic (exact) mass is 267 g/mol. The number of hydrogen-bond acceptors (Lipinski definition) is 3. The fourth-order valence-corrected chi connectivity index (χ4v) is 3.53. The Hall–Kier alpha value is -1.69. The molecule has 1 fully saturated rings. The van der Waals surface area contributed by atoms with Crippen LogP contribution in [0, 0.1) is 0 Å². The Kier molecular flexibility index (Phi) is 3.47. The lowest BCUT2D eigenvalue weighted by Gasteiger charge is -2.11. The summed E-state index contributed by atoms with van der Waals surface area (Å²) in [5, 5.41) is 8.42. The number of amides is 1. The van der Waals surface area contributed by atoms with Crippen LogP contribution in [0.4, 0.5) is 0 Å². The lowest BCUT2D eigenvalue weighted by Crippen LogP contribution is -2.29. The van der Waals surface area contributed by atoms with Crippen molar-refractivity contribution in [3.63, 3.8) is 0 Å². The van der Waals surface area contributed by atoms with Crippen molar-refractivity contribution < 1.29 is 18.9 Å². The van der Waals surface area contributed by atoms with E-state index in [9.17, 15) is 13.8 Å². The topological polar surface area (TPSA) is 74.7 Å². The molecule has 1 amide bonds. The molecular formula is C12H13NO4S. The van der Waals surface area contributed by atoms with Crippen LogP contribution in [0.1, 0.15) is 16.8 Å². The lowest BCUT2D eigenvalue weighted by atomic mass is 10.2. The Labute approximate surface area is 107 Å². The quantitative estimate of drug-likeness (QED) is 0.875. The minimum atomic E-state index is -1.61. The number of carbonyl (C=O) groups excluding carboxylic acids is 1. The molecule has 0 spiro atoms. The van der Waals surface area contributed by atoms with E-state index in [1.165, 1.54) is 17.0 Å². The maximum Gasteiger partial charge on any atom is 0.336 e. The smallest absolute Gasteiger partial charge is 0.336 e. The van der Waals surface area contributed by atoms with Crippen LogP contribution < -0.4 is 0 Å². The van der Waals surface area contributed by atoms with Gasteiger partial charge in [-0.05, 0) is 18.6 Å². The van der Waals surface area contributed by atoms with Crippen molar-refractivity contribution >= 4 is 22.7 Å². The Morgan fingerprint density at radius 3 is 2.67 bits per heavy atom. The summed E-state index contributed by atoms with van der Waals surface area (Å²) in [5.74, 6) is -1.31. The molecule has 1 aliphatic rings. The molecule has 0 radical (unpaired) electrons. The van der Waals surface area contributed by atoms with Crippen LogP contribution in [-0.2, 0) is 15.6 Å². The predicted molar refractivity (Wildman–Crippen MR) is 65.9 cm³/mol. The van der Waals surface area contributed by atoms with E-state index in [2.05, 4.69) is 0 Å². The van der Waals surface area contributed by atoms with Gasteiger partial charge in [-0.1, -0.05) is 12.1 Å². The van der Waals surface area contributed by atoms with E-state index in [4.69, 9.17) is 5.11 Å². The highest BCUT2D eigenvalue weighted by Crippen LogP contribution is 2.23. The second kappa shape index (κ2) is 4.89. The molecule has 2 rings (SSSR count). The van der Waals surface area contributed by atoms with Gasteiger partial charge in [0.2, 0.25) is 5.91 Å². The molecule has 2 atom stereocenters. The number of carboxylic acids is 1. The van der Waals surface area contributed by atoms with Gasteiger partial charge in [0.15, 0.2) is 0 Å². The zero-order valence-corrected chi connectivity index (χ0v) is 10.6. The van der Waals surface area contributed by atoms with E-state index < -0.39 is 22.0 Å². The standard InChI is InChI=1S/C12H13NO4S/c1-13-7-6-10(11(13)14)18(17)9-5-3-2-4-8(9)12(15)16/h2-5,10H,6-7H2,1H3,(H,15,16). The highest BCUT2D eigenvalue weighted by atomic mass is 32.2. The molecule has 1 heterocycles. The summed E-state index contributed by atoms with van der Waals surface area (Å²) in [4.78, 5) is 24.6. The van der Waals surface area contributed by atoms with Gasteiger partial charge in [0.25, 0.3) is 0 Å². The van der Waals surface area contributed by atoms with Gasteiger partial charge in [0.05, 0.1) is 21.3 Å². The van der Waals surface area contributed by atoms with E-state index in [-0.39, 0.29) is 16.4 Å². The molecule has 0 aliphatic carbocycles. The molecule has 6 heteroatoms. The maximum atomic E-state index is 12.3. The molecule has 2 unspecified atom stereocenters. The molecular weight excluding hydrogens is 254 g/mol. The first kappa shape index (κ1) is 12.8. The SMILES string of the molecule is CN1CCC(S(=O)c2ccccc2C(=O)O)C1=O. The summed E-state index contributed by atoms with van der Waals surface area (Å²) in [6.45, 7) is 0.560. The number of likely N-dealkylation sites (tertiary alicyclic amines) is 1. The van der Waals surface area contributed by atoms with Crippen molar-refractivity contribution in [2.45, 2.75) is 16.6 Å². The van der Waals surface area contributed by atoms with Crippen molar-refractivity contribution in [2.75, 3.05) is 13.6 Å². The third kappa shape index (κ3) is 2.15. The van der Waals surface area contributed by atoms with E-state index >= 15 is 0 Å². The Bertz CT molecular complexity index is 529. The van der Waals surface area contributed by atoms with Crippen molar-refractivity contribution in [3.8, 4) is 0 Å². The molecule has 18 heavy (non-hydrogen) atoms. The second-order valence-corrected chi connectivity index (χ2v) is 5.74. The largest absolute Gasteiger partial charge is 0.478 e. The molecule has 1 N–H and O–H groups in total. The summed E-state index contributed by atoms with van der Waals surface area (Å²) >= 11 is 0. The molecule has 96 valence electrons. The normalized spacial score (nSPS) is 21.1. The zero-order chi connectivity index (χ0) is 13.3. The summed E-state index contributed by atoms with van der Waals surface area (Å²) in [6.07, 6.45) is 0.496. The number of benzene rings is 1. The Morgan fingerprint density at radius 1 is 1.44 bits per heavy atom. The van der Waals surface area contributed by atoms with Crippen LogP contribution in [0.25, 0.3) is 0 Å². The number of hydrogen-bond donors (Lipinski definition) is 1. The Morgan fingerprint density at radius 2 is 2.11 bits per heavy atom. The van der Waals surface area contributed by atoms with E-state index in [0.29, 0.717) is 13.0 Å². The summed E-state index contributed by atoms with van der Waals surface area (Å²) in [5.41, 5.74) is -0.00168. The van der Waals surface area contributed by atoms with Gasteiger partial charge in [-0.3, -0.25) is 9.00 Å². The molecule has 1 aromatic carbocycles. The lowest BCUT2D eigenvalue weighted by molar-refractivity contribution is -0.126. The second-order valence-electron chi connectivity index (χ2n) is 4.14. The average molecular weight is 267 g/mol. The van der Waals surface area contributed by atoms with E-state index in [1.54, 1.807) is 19.2 Å². The molecule has 1 aromatic rings. The molecule has 1 aliphatic heterocycles. The fourth-order valence-electron chi connectivity index (χ4n) is 1.96. The van der Waals surface area contributed by atoms with E-state index in [1.807, 2.05) is 0 Å². The van der Waals surface area contributed by atoms with Crippen molar-refractivity contribution in [2.24, 2.45) is 0 Å². The predicted octanol–water partition coefficient (Wildman–Crippen LogP) is 0.723. The van der Waals surface area contributed by atoms with Crippen LogP contribution in [0.2, 0.25) is 0 Å². The third-order valence-corrected chi connectivity index (χ3v) is 4.71. The molecule has 1 saturated heterocycles. The number of nitrogens with zero attached hydrogens (tertiary/aromatic N) is 1. The molecule has 0 bridgehead atoms. The average Bonchev–Trinajstić information content (AvgIpc) is 2.69. The Balaban J connectivity index is 2.35. The highest BCUT2D eigenvalue weighted by Gasteiger charge is 2.35. The number of aromatic carboxylic acids is 1. The molecule has 5 nitrogen and oxygen atoms in total. The molecule has 0 saturated carbocycles. The number of carbonyl (C=O) groups is 2. The van der Waals surface area contributed by atoms with Crippen molar-refractivity contribution in [3.05, 3.63) is 29.8 Å². The van der Waals surface area contributed by atoms with Crippen molar-refractivity contribution in [1.29, 1.82) is 0 Å². The number of carboxylic acid groups (broad SMARTS) is 1. The van der Waals surface area contributed by atoms with Gasteiger partial charge >= 0.3 is 5.97 Å². The van der Waals surface area contributed by atoms with Gasteiger partial charge in [-0.25, -0.2) is 4.79 Å². The van der Waals surface area contributed by atoms with Crippen LogP contribution >= 0.6 is 0 Å². The first-order chi connectivity index (χ1) is 8.52. The van der Waals surface area contributed by atoms with Gasteiger partial charge in [-0.15, -0.1) is 0 Å². The minimum Gasteiger partial charge on any atom is -0.478 e. The first-order valence-corrected chi connectivity index (χ1v) is 6.71. The summed E-state index contributed by atoms with van der Waals surface area (Å²) < 4.78 is 12.3. The maximum absolute atomic E-state index is 12.3. The van der Waals surface area contributed by atoms with Crippen LogP contribution in [0.3, 0.4) is 0 Å². The van der Waals surface area contributed by atoms with Gasteiger partial charge < -0.3 is 10.0 Å². The van der Waals surface area contributed by atoms with Crippen LogP contribution in [-0.4, -0.2) is 44.9 Å². The third-order valence-electron chi connectivity index (χ3n) is 2.97. The number of rotatable bonds is 3. The van der Waals surface area contributed by atoms with Crippen LogP contribution in [0.15, 0.2) is 29.2 Å². The van der Waals surface area contributed by atoms with Crippen molar-refractivity contribution in [1.82, 2.24) is 4.90 Å². The minimum absolute atomic E-state index is 0.00168. The van der Waals surface area contributed by atoms with E-state index in [0.717, 1.165) is 0 Å². The fraction of sp³-hybridized carbons (Fsp3) is 0.333. The summed E-state index contributed by atoms with van der Waals surface area (Å²) in [6, 6.07) is 6.11.